The number of piperazine rings is 1. The third kappa shape index (κ3) is 5.41. The Kier molecular flexibility index (Phi) is 6.97. The van der Waals surface area contributed by atoms with Crippen LogP contribution in [0.2, 0.25) is 0 Å². The van der Waals surface area contributed by atoms with Crippen LogP contribution in [0, 0.1) is 6.92 Å². The molecule has 1 aromatic heterocycles. The summed E-state index contributed by atoms with van der Waals surface area (Å²) in [7, 11) is 2.15. The number of aryl methyl sites for hydroxylation is 1. The molecule has 7 heteroatoms. The van der Waals surface area contributed by atoms with Gasteiger partial charge in [0.2, 0.25) is 5.91 Å². The lowest BCUT2D eigenvalue weighted by atomic mass is 10.1. The first kappa shape index (κ1) is 22.2. The fourth-order valence-corrected chi connectivity index (χ4v) is 3.91. The number of nitrogens with one attached hydrogen (secondary N) is 1. The number of pyridine rings is 1. The van der Waals surface area contributed by atoms with Crippen molar-refractivity contribution < 1.29 is 9.53 Å². The first-order valence-electron chi connectivity index (χ1n) is 10.7. The number of likely N-dealkylation sites (N-methyl/N-ethyl adjacent to an activating group) is 1. The molecule has 32 heavy (non-hydrogen) atoms. The van der Waals surface area contributed by atoms with Crippen LogP contribution in [0.3, 0.4) is 0 Å². The summed E-state index contributed by atoms with van der Waals surface area (Å²) in [6.07, 6.45) is 3.30. The first-order chi connectivity index (χ1) is 15.5. The monoisotopic (exact) mass is 448 g/mol. The second-order valence-corrected chi connectivity index (χ2v) is 8.24. The van der Waals surface area contributed by atoms with Gasteiger partial charge in [-0.05, 0) is 67.6 Å². The third-order valence-corrected chi connectivity index (χ3v) is 5.76. The normalized spacial score (nSPS) is 14.8. The van der Waals surface area contributed by atoms with Gasteiger partial charge in [0.15, 0.2) is 0 Å². The van der Waals surface area contributed by atoms with E-state index in [0.29, 0.717) is 5.94 Å². The van der Waals surface area contributed by atoms with Crippen LogP contribution in [-0.4, -0.2) is 55.0 Å². The van der Waals surface area contributed by atoms with E-state index in [0.717, 1.165) is 65.5 Å². The summed E-state index contributed by atoms with van der Waals surface area (Å²) in [6.45, 7) is 6.16. The van der Waals surface area contributed by atoms with Crippen molar-refractivity contribution >= 4 is 47.0 Å². The lowest BCUT2D eigenvalue weighted by Crippen LogP contribution is -2.44. The Morgan fingerprint density at radius 2 is 1.88 bits per heavy atom. The van der Waals surface area contributed by atoms with E-state index in [1.807, 2.05) is 42.5 Å². The molecule has 0 radical (unpaired) electrons. The molecule has 0 saturated carbocycles. The van der Waals surface area contributed by atoms with Crippen LogP contribution in [0.5, 0.6) is 5.75 Å². The number of hydrogen-bond acceptors (Lipinski definition) is 6. The Morgan fingerprint density at radius 1 is 1.12 bits per heavy atom. The van der Waals surface area contributed by atoms with Crippen molar-refractivity contribution in [3.8, 4) is 5.75 Å². The summed E-state index contributed by atoms with van der Waals surface area (Å²) < 4.78 is 5.31. The number of amides is 1. The highest BCUT2D eigenvalue weighted by molar-refractivity contribution is 7.80. The second kappa shape index (κ2) is 10.1. The van der Waals surface area contributed by atoms with E-state index >= 15 is 0 Å². The number of anilines is 2. The molecule has 0 aliphatic carbocycles. The Hall–Kier alpha value is -3.03. The smallest absolute Gasteiger partial charge is 0.248 e. The summed E-state index contributed by atoms with van der Waals surface area (Å²) in [5.74, 6) is 1.92. The Bertz CT molecular complexity index is 1120. The molecule has 1 aliphatic rings. The SMILES string of the molecule is Cc1cc(N2CCN(C)CC2)nc2ccc(NC(=O)/C=C/c3ccc(OCS)cc3)cc12. The predicted octanol–water partition coefficient (Wildman–Crippen LogP) is 4.21. The van der Waals surface area contributed by atoms with Crippen LogP contribution in [-0.2, 0) is 4.79 Å². The Morgan fingerprint density at radius 3 is 2.59 bits per heavy atom. The van der Waals surface area contributed by atoms with E-state index in [4.69, 9.17) is 9.72 Å². The number of fused-ring (bicyclic) bond motifs is 1. The average molecular weight is 449 g/mol. The van der Waals surface area contributed by atoms with Gasteiger partial charge in [0.05, 0.1) is 5.52 Å². The highest BCUT2D eigenvalue weighted by Crippen LogP contribution is 2.26. The molecule has 2 heterocycles. The van der Waals surface area contributed by atoms with Crippen LogP contribution in [0.1, 0.15) is 11.1 Å². The lowest BCUT2D eigenvalue weighted by Gasteiger charge is -2.33. The van der Waals surface area contributed by atoms with Gasteiger partial charge in [-0.2, -0.15) is 0 Å². The van der Waals surface area contributed by atoms with Crippen molar-refractivity contribution in [1.29, 1.82) is 0 Å². The molecule has 1 saturated heterocycles. The number of aromatic nitrogens is 1. The summed E-state index contributed by atoms with van der Waals surface area (Å²) in [5.41, 5.74) is 3.76. The molecule has 3 aromatic rings. The number of carbonyl (C=O) groups is 1. The number of benzene rings is 2. The van der Waals surface area contributed by atoms with Gasteiger partial charge in [-0.3, -0.25) is 4.79 Å². The van der Waals surface area contributed by atoms with Gasteiger partial charge >= 0.3 is 0 Å². The van der Waals surface area contributed by atoms with Gasteiger partial charge in [-0.1, -0.05) is 12.1 Å². The van der Waals surface area contributed by atoms with Gasteiger partial charge in [0.25, 0.3) is 0 Å². The Balaban J connectivity index is 1.44. The van der Waals surface area contributed by atoms with Gasteiger partial charge in [-0.25, -0.2) is 4.98 Å². The number of nitrogens with zero attached hydrogens (tertiary/aromatic N) is 3. The van der Waals surface area contributed by atoms with E-state index in [1.165, 1.54) is 6.08 Å². The standard InChI is InChI=1S/C25H28N4O2S/c1-18-15-24(29-13-11-28(2)12-14-29)27-23-9-6-20(16-22(18)23)26-25(30)10-5-19-3-7-21(8-4-19)31-17-32/h3-10,15-16,32H,11-14,17H2,1-2H3,(H,26,30)/b10-5+. The zero-order chi connectivity index (χ0) is 22.5. The topological polar surface area (TPSA) is 57.7 Å². The van der Waals surface area contributed by atoms with Gasteiger partial charge in [0, 0.05) is 43.3 Å². The number of hydrogen-bond donors (Lipinski definition) is 2. The second-order valence-electron chi connectivity index (χ2n) is 7.98. The maximum atomic E-state index is 12.4. The highest BCUT2D eigenvalue weighted by atomic mass is 32.1. The van der Waals surface area contributed by atoms with Gasteiger partial charge in [-0.15, -0.1) is 12.6 Å². The minimum Gasteiger partial charge on any atom is -0.483 e. The summed E-state index contributed by atoms with van der Waals surface area (Å²) in [4.78, 5) is 21.9. The van der Waals surface area contributed by atoms with Crippen molar-refractivity contribution in [3.63, 3.8) is 0 Å². The van der Waals surface area contributed by atoms with Gasteiger partial charge < -0.3 is 19.9 Å². The van der Waals surface area contributed by atoms with E-state index < -0.39 is 0 Å². The minimum absolute atomic E-state index is 0.181. The molecule has 0 spiro atoms. The highest BCUT2D eigenvalue weighted by Gasteiger charge is 2.16. The first-order valence-corrected chi connectivity index (χ1v) is 11.3. The molecule has 0 unspecified atom stereocenters. The van der Waals surface area contributed by atoms with E-state index in [-0.39, 0.29) is 5.91 Å². The van der Waals surface area contributed by atoms with Crippen molar-refractivity contribution in [2.24, 2.45) is 0 Å². The van der Waals surface area contributed by atoms with Crippen LogP contribution in [0.15, 0.2) is 54.6 Å². The van der Waals surface area contributed by atoms with Crippen LogP contribution < -0.4 is 15.0 Å². The molecule has 6 nitrogen and oxygen atoms in total. The zero-order valence-electron chi connectivity index (χ0n) is 18.4. The molecule has 1 aliphatic heterocycles. The van der Waals surface area contributed by atoms with Crippen molar-refractivity contribution in [3.05, 3.63) is 65.7 Å². The van der Waals surface area contributed by atoms with Crippen molar-refractivity contribution in [2.45, 2.75) is 6.92 Å². The zero-order valence-corrected chi connectivity index (χ0v) is 19.3. The molecule has 0 bridgehead atoms. The van der Waals surface area contributed by atoms with Crippen molar-refractivity contribution in [1.82, 2.24) is 9.88 Å². The summed E-state index contributed by atoms with van der Waals surface area (Å²) in [5, 5.41) is 3.99. The fourth-order valence-electron chi connectivity index (χ4n) is 3.76. The maximum absolute atomic E-state index is 12.4. The van der Waals surface area contributed by atoms with Crippen LogP contribution in [0.25, 0.3) is 17.0 Å². The number of ether oxygens (including phenoxy) is 1. The summed E-state index contributed by atoms with van der Waals surface area (Å²) in [6, 6.07) is 15.5. The minimum atomic E-state index is -0.181. The number of rotatable bonds is 6. The molecule has 1 amide bonds. The summed E-state index contributed by atoms with van der Waals surface area (Å²) >= 11 is 4.04. The van der Waals surface area contributed by atoms with Crippen LogP contribution in [0.4, 0.5) is 11.5 Å². The largest absolute Gasteiger partial charge is 0.483 e. The van der Waals surface area contributed by atoms with Crippen LogP contribution >= 0.6 is 12.6 Å². The number of thiol groups is 1. The average Bonchev–Trinajstić information content (AvgIpc) is 2.79. The van der Waals surface area contributed by atoms with Crippen molar-refractivity contribution in [2.75, 3.05) is 49.4 Å². The fraction of sp³-hybridized carbons (Fsp3) is 0.280. The molecular weight excluding hydrogens is 420 g/mol. The number of carbonyl (C=O) groups excluding carboxylic acids is 1. The third-order valence-electron chi connectivity index (χ3n) is 5.64. The predicted molar refractivity (Wildman–Crippen MR) is 135 cm³/mol. The molecule has 0 atom stereocenters. The molecule has 2 aromatic carbocycles. The molecule has 166 valence electrons. The molecule has 1 N–H and O–H groups in total. The van der Waals surface area contributed by atoms with E-state index in [2.05, 4.69) is 47.8 Å². The van der Waals surface area contributed by atoms with E-state index in [9.17, 15) is 4.79 Å². The Labute approximate surface area is 194 Å². The quantitative estimate of drug-likeness (QED) is 0.336. The van der Waals surface area contributed by atoms with E-state index in [1.54, 1.807) is 6.08 Å². The lowest BCUT2D eigenvalue weighted by molar-refractivity contribution is -0.111. The maximum Gasteiger partial charge on any atom is 0.248 e. The molecule has 4 rings (SSSR count). The molecule has 1 fully saturated rings. The molecular formula is C25H28N4O2S. The van der Waals surface area contributed by atoms with Gasteiger partial charge in [0.1, 0.15) is 17.5 Å².